The Balaban J connectivity index is 2.70. The molecule has 1 aromatic carbocycles. The van der Waals surface area contributed by atoms with Gasteiger partial charge < -0.3 is 14.8 Å². The predicted octanol–water partition coefficient (Wildman–Crippen LogP) is 3.26. The highest BCUT2D eigenvalue weighted by atomic mass is 32.2. The third-order valence-corrected chi connectivity index (χ3v) is 2.79. The molecule has 1 rings (SSSR count). The van der Waals surface area contributed by atoms with Crippen molar-refractivity contribution < 1.29 is 9.47 Å². The molecule has 0 spiro atoms. The van der Waals surface area contributed by atoms with Gasteiger partial charge in [-0.05, 0) is 32.2 Å². The number of hydrogen-bond acceptors (Lipinski definition) is 4. The lowest BCUT2D eigenvalue weighted by Gasteiger charge is -2.13. The number of ether oxygens (including phenoxy) is 2. The number of thioether (sulfide) groups is 1. The highest BCUT2D eigenvalue weighted by Crippen LogP contribution is 2.30. The van der Waals surface area contributed by atoms with Crippen LogP contribution in [0, 0.1) is 0 Å². The van der Waals surface area contributed by atoms with E-state index in [4.69, 9.17) is 9.47 Å². The van der Waals surface area contributed by atoms with Gasteiger partial charge in [0.2, 0.25) is 0 Å². The summed E-state index contributed by atoms with van der Waals surface area (Å²) >= 11 is 1.83. The maximum absolute atomic E-state index is 5.57. The Morgan fingerprint density at radius 2 is 1.82 bits per heavy atom. The monoisotopic (exact) mass is 255 g/mol. The van der Waals surface area contributed by atoms with Crippen LogP contribution < -0.4 is 14.8 Å². The first kappa shape index (κ1) is 14.0. The molecule has 0 amide bonds. The SMILES string of the molecule is CCOc1ccc(NCCSC)cc1OCC. The third-order valence-electron chi connectivity index (χ3n) is 2.18. The Morgan fingerprint density at radius 1 is 1.12 bits per heavy atom. The lowest BCUT2D eigenvalue weighted by Crippen LogP contribution is -2.05. The number of benzene rings is 1. The molecule has 17 heavy (non-hydrogen) atoms. The summed E-state index contributed by atoms with van der Waals surface area (Å²) in [6.07, 6.45) is 2.10. The van der Waals surface area contributed by atoms with Gasteiger partial charge in [0.1, 0.15) is 0 Å². The molecule has 0 saturated heterocycles. The third kappa shape index (κ3) is 4.77. The summed E-state index contributed by atoms with van der Waals surface area (Å²) < 4.78 is 11.1. The average molecular weight is 255 g/mol. The minimum absolute atomic E-state index is 0.647. The summed E-state index contributed by atoms with van der Waals surface area (Å²) in [7, 11) is 0. The zero-order valence-corrected chi connectivity index (χ0v) is 11.6. The van der Waals surface area contributed by atoms with E-state index in [2.05, 4.69) is 11.6 Å². The summed E-state index contributed by atoms with van der Waals surface area (Å²) in [6, 6.07) is 5.97. The van der Waals surface area contributed by atoms with Crippen LogP contribution in [0.2, 0.25) is 0 Å². The first-order chi connectivity index (χ1) is 8.31. The molecule has 0 heterocycles. The zero-order chi connectivity index (χ0) is 12.5. The molecule has 1 N–H and O–H groups in total. The standard InChI is InChI=1S/C13H21NO2S/c1-4-15-12-7-6-11(14-8-9-17-3)10-13(12)16-5-2/h6-7,10,14H,4-5,8-9H2,1-3H3. The van der Waals surface area contributed by atoms with Crippen LogP contribution in [0.5, 0.6) is 11.5 Å². The van der Waals surface area contributed by atoms with Crippen molar-refractivity contribution in [2.24, 2.45) is 0 Å². The van der Waals surface area contributed by atoms with Crippen molar-refractivity contribution in [2.75, 3.05) is 37.1 Å². The second-order valence-corrected chi connectivity index (χ2v) is 4.43. The maximum Gasteiger partial charge on any atom is 0.163 e. The van der Waals surface area contributed by atoms with Crippen molar-refractivity contribution in [2.45, 2.75) is 13.8 Å². The Kier molecular flexibility index (Phi) is 6.70. The molecular formula is C13H21NO2S. The Morgan fingerprint density at radius 3 is 2.47 bits per heavy atom. The van der Waals surface area contributed by atoms with Gasteiger partial charge in [-0.15, -0.1) is 0 Å². The van der Waals surface area contributed by atoms with Crippen LogP contribution in [0.3, 0.4) is 0 Å². The molecule has 0 fully saturated rings. The lowest BCUT2D eigenvalue weighted by atomic mass is 10.2. The van der Waals surface area contributed by atoms with Gasteiger partial charge in [0, 0.05) is 24.1 Å². The van der Waals surface area contributed by atoms with Gasteiger partial charge in [0.05, 0.1) is 13.2 Å². The highest BCUT2D eigenvalue weighted by molar-refractivity contribution is 7.98. The van der Waals surface area contributed by atoms with Gasteiger partial charge in [0.15, 0.2) is 11.5 Å². The molecule has 0 aromatic heterocycles. The molecule has 0 saturated carbocycles. The van der Waals surface area contributed by atoms with E-state index in [1.165, 1.54) is 0 Å². The molecule has 1 aromatic rings. The van der Waals surface area contributed by atoms with Crippen LogP contribution >= 0.6 is 11.8 Å². The first-order valence-electron chi connectivity index (χ1n) is 5.94. The number of nitrogens with one attached hydrogen (secondary N) is 1. The topological polar surface area (TPSA) is 30.5 Å². The largest absolute Gasteiger partial charge is 0.490 e. The Hall–Kier alpha value is -1.03. The lowest BCUT2D eigenvalue weighted by molar-refractivity contribution is 0.288. The van der Waals surface area contributed by atoms with Crippen LogP contribution in [0.1, 0.15) is 13.8 Å². The molecule has 0 unspecified atom stereocenters. The summed E-state index contributed by atoms with van der Waals surface area (Å²) in [5.41, 5.74) is 1.07. The van der Waals surface area contributed by atoms with Crippen LogP contribution in [0.15, 0.2) is 18.2 Å². The van der Waals surface area contributed by atoms with Crippen molar-refractivity contribution >= 4 is 17.4 Å². The number of anilines is 1. The minimum atomic E-state index is 0.647. The van der Waals surface area contributed by atoms with Crippen molar-refractivity contribution in [1.82, 2.24) is 0 Å². The van der Waals surface area contributed by atoms with E-state index in [1.807, 2.05) is 43.8 Å². The number of rotatable bonds is 8. The predicted molar refractivity (Wildman–Crippen MR) is 75.7 cm³/mol. The normalized spacial score (nSPS) is 10.1. The van der Waals surface area contributed by atoms with Gasteiger partial charge in [-0.25, -0.2) is 0 Å². The van der Waals surface area contributed by atoms with E-state index in [0.717, 1.165) is 29.5 Å². The first-order valence-corrected chi connectivity index (χ1v) is 7.33. The quantitative estimate of drug-likeness (QED) is 0.722. The van der Waals surface area contributed by atoms with E-state index in [1.54, 1.807) is 0 Å². The number of hydrogen-bond donors (Lipinski definition) is 1. The second kappa shape index (κ2) is 8.12. The smallest absolute Gasteiger partial charge is 0.163 e. The van der Waals surface area contributed by atoms with E-state index in [-0.39, 0.29) is 0 Å². The van der Waals surface area contributed by atoms with Gasteiger partial charge in [-0.2, -0.15) is 11.8 Å². The molecule has 0 radical (unpaired) electrons. The van der Waals surface area contributed by atoms with E-state index >= 15 is 0 Å². The van der Waals surface area contributed by atoms with Crippen molar-refractivity contribution in [3.05, 3.63) is 18.2 Å². The highest BCUT2D eigenvalue weighted by Gasteiger charge is 2.05. The van der Waals surface area contributed by atoms with Crippen LogP contribution in [0.25, 0.3) is 0 Å². The van der Waals surface area contributed by atoms with Gasteiger partial charge in [-0.1, -0.05) is 0 Å². The summed E-state index contributed by atoms with van der Waals surface area (Å²) in [5.74, 6) is 2.71. The minimum Gasteiger partial charge on any atom is -0.490 e. The van der Waals surface area contributed by atoms with Gasteiger partial charge >= 0.3 is 0 Å². The van der Waals surface area contributed by atoms with Crippen molar-refractivity contribution in [1.29, 1.82) is 0 Å². The molecule has 0 bridgehead atoms. The molecule has 96 valence electrons. The molecule has 0 aliphatic carbocycles. The van der Waals surface area contributed by atoms with Crippen LogP contribution in [-0.2, 0) is 0 Å². The van der Waals surface area contributed by atoms with E-state index in [0.29, 0.717) is 13.2 Å². The Labute approximate surface area is 108 Å². The summed E-state index contributed by atoms with van der Waals surface area (Å²) in [6.45, 7) is 6.21. The maximum atomic E-state index is 5.57. The molecule has 0 aliphatic heterocycles. The fourth-order valence-corrected chi connectivity index (χ4v) is 1.76. The van der Waals surface area contributed by atoms with Crippen LogP contribution in [0.4, 0.5) is 5.69 Å². The summed E-state index contributed by atoms with van der Waals surface area (Å²) in [4.78, 5) is 0. The van der Waals surface area contributed by atoms with E-state index < -0.39 is 0 Å². The van der Waals surface area contributed by atoms with Crippen molar-refractivity contribution in [3.8, 4) is 11.5 Å². The second-order valence-electron chi connectivity index (χ2n) is 3.45. The Bertz CT molecular complexity index is 331. The fraction of sp³-hybridized carbons (Fsp3) is 0.538. The zero-order valence-electron chi connectivity index (χ0n) is 10.8. The molecular weight excluding hydrogens is 234 g/mol. The molecule has 4 heteroatoms. The molecule has 0 aliphatic rings. The van der Waals surface area contributed by atoms with Gasteiger partial charge in [0.25, 0.3) is 0 Å². The van der Waals surface area contributed by atoms with Crippen molar-refractivity contribution in [3.63, 3.8) is 0 Å². The average Bonchev–Trinajstić information content (AvgIpc) is 2.33. The summed E-state index contributed by atoms with van der Waals surface area (Å²) in [5, 5.41) is 3.36. The van der Waals surface area contributed by atoms with Crippen LogP contribution in [-0.4, -0.2) is 31.8 Å². The van der Waals surface area contributed by atoms with Gasteiger partial charge in [-0.3, -0.25) is 0 Å². The molecule has 0 atom stereocenters. The molecule has 3 nitrogen and oxygen atoms in total. The van der Waals surface area contributed by atoms with E-state index in [9.17, 15) is 0 Å². The fourth-order valence-electron chi connectivity index (χ4n) is 1.46.